The van der Waals surface area contributed by atoms with E-state index in [0.717, 1.165) is 30.1 Å². The zero-order chi connectivity index (χ0) is 13.5. The summed E-state index contributed by atoms with van der Waals surface area (Å²) in [7, 11) is 0. The maximum Gasteiger partial charge on any atom is 0.191 e. The number of benzene rings is 2. The Morgan fingerprint density at radius 1 is 0.947 bits per heavy atom. The molecule has 0 heterocycles. The van der Waals surface area contributed by atoms with Gasteiger partial charge in [-0.25, -0.2) is 0 Å². The summed E-state index contributed by atoms with van der Waals surface area (Å²) >= 11 is 0. The van der Waals surface area contributed by atoms with Crippen LogP contribution in [0.2, 0.25) is 0 Å². The fourth-order valence-electron chi connectivity index (χ4n) is 1.94. The van der Waals surface area contributed by atoms with E-state index in [9.17, 15) is 4.79 Å². The van der Waals surface area contributed by atoms with Gasteiger partial charge in [0, 0.05) is 11.3 Å². The van der Waals surface area contributed by atoms with E-state index in [4.69, 9.17) is 0 Å². The van der Waals surface area contributed by atoms with Crippen LogP contribution in [0.4, 0.5) is 5.69 Å². The second kappa shape index (κ2) is 6.74. The highest BCUT2D eigenvalue weighted by Crippen LogP contribution is 2.19. The molecule has 0 aliphatic heterocycles. The van der Waals surface area contributed by atoms with E-state index in [0.29, 0.717) is 0 Å². The Balaban J connectivity index is 2.14. The Labute approximate surface area is 114 Å². The van der Waals surface area contributed by atoms with Gasteiger partial charge in [-0.3, -0.25) is 4.79 Å². The molecule has 0 spiro atoms. The highest BCUT2D eigenvalue weighted by atomic mass is 16.1. The van der Waals surface area contributed by atoms with E-state index in [1.165, 1.54) is 0 Å². The van der Waals surface area contributed by atoms with Gasteiger partial charge in [0.2, 0.25) is 0 Å². The van der Waals surface area contributed by atoms with Gasteiger partial charge in [0.05, 0.1) is 0 Å². The van der Waals surface area contributed by atoms with Crippen LogP contribution in [-0.2, 0) is 0 Å². The molecule has 2 heteroatoms. The molecule has 0 fully saturated rings. The molecule has 97 valence electrons. The van der Waals surface area contributed by atoms with Crippen LogP contribution in [0.1, 0.15) is 30.1 Å². The Morgan fingerprint density at radius 2 is 1.53 bits per heavy atom. The van der Waals surface area contributed by atoms with Gasteiger partial charge in [0.1, 0.15) is 6.04 Å². The average Bonchev–Trinajstić information content (AvgIpc) is 2.48. The summed E-state index contributed by atoms with van der Waals surface area (Å²) in [6.07, 6.45) is 1.69. The molecule has 0 unspecified atom stereocenters. The van der Waals surface area contributed by atoms with E-state index in [2.05, 4.69) is 12.2 Å². The average molecular weight is 252 g/mol. The molecule has 1 N–H and O–H groups in total. The van der Waals surface area contributed by atoms with Crippen molar-refractivity contribution in [2.45, 2.75) is 19.8 Å². The lowest BCUT2D eigenvalue weighted by Crippen LogP contribution is -2.20. The molecule has 2 aromatic carbocycles. The SMILES string of the molecule is CCC[C](Nc1ccccc1)C(=O)c1ccccc1. The summed E-state index contributed by atoms with van der Waals surface area (Å²) in [5, 5.41) is 3.25. The number of hydrogen-bond donors (Lipinski definition) is 1. The quantitative estimate of drug-likeness (QED) is 0.776. The third kappa shape index (κ3) is 3.68. The highest BCUT2D eigenvalue weighted by Gasteiger charge is 2.19. The minimum absolute atomic E-state index is 0.0753. The molecule has 0 bridgehead atoms. The third-order valence-electron chi connectivity index (χ3n) is 2.88. The lowest BCUT2D eigenvalue weighted by atomic mass is 10.00. The van der Waals surface area contributed by atoms with Gasteiger partial charge in [-0.2, -0.15) is 0 Å². The van der Waals surface area contributed by atoms with Gasteiger partial charge < -0.3 is 5.32 Å². The molecule has 19 heavy (non-hydrogen) atoms. The van der Waals surface area contributed by atoms with E-state index in [1.807, 2.05) is 60.7 Å². The summed E-state index contributed by atoms with van der Waals surface area (Å²) in [5.74, 6) is 0.0753. The third-order valence-corrected chi connectivity index (χ3v) is 2.88. The maximum absolute atomic E-state index is 12.4. The van der Waals surface area contributed by atoms with E-state index in [-0.39, 0.29) is 5.78 Å². The Morgan fingerprint density at radius 3 is 2.11 bits per heavy atom. The molecule has 2 nitrogen and oxygen atoms in total. The van der Waals surface area contributed by atoms with Gasteiger partial charge >= 0.3 is 0 Å². The first kappa shape index (κ1) is 13.3. The van der Waals surface area contributed by atoms with Gasteiger partial charge in [-0.1, -0.05) is 61.9 Å². The van der Waals surface area contributed by atoms with E-state index >= 15 is 0 Å². The number of carbonyl (C=O) groups is 1. The molecule has 2 aromatic rings. The fraction of sp³-hybridized carbons (Fsp3) is 0.176. The second-order valence-corrected chi connectivity index (χ2v) is 4.41. The molecular weight excluding hydrogens is 234 g/mol. The molecule has 2 rings (SSSR count). The number of carbonyl (C=O) groups excluding carboxylic acids is 1. The molecule has 0 aliphatic rings. The molecule has 1 radical (unpaired) electrons. The first-order valence-electron chi connectivity index (χ1n) is 6.59. The molecule has 0 aromatic heterocycles. The van der Waals surface area contributed by atoms with Crippen LogP contribution < -0.4 is 5.32 Å². The van der Waals surface area contributed by atoms with Crippen LogP contribution >= 0.6 is 0 Å². The Hall–Kier alpha value is -2.09. The molecule has 0 saturated carbocycles. The predicted molar refractivity (Wildman–Crippen MR) is 79.0 cm³/mol. The number of Topliss-reactive ketones (excluding diaryl/α,β-unsaturated/α-hetero) is 1. The Bertz CT molecular complexity index is 507. The molecule has 0 atom stereocenters. The van der Waals surface area contributed by atoms with Crippen LogP contribution in [0.15, 0.2) is 60.7 Å². The molecule has 0 aliphatic carbocycles. The van der Waals surface area contributed by atoms with Crippen LogP contribution in [0, 0.1) is 6.04 Å². The van der Waals surface area contributed by atoms with Crippen molar-refractivity contribution in [1.82, 2.24) is 0 Å². The van der Waals surface area contributed by atoms with Crippen molar-refractivity contribution in [3.63, 3.8) is 0 Å². The lowest BCUT2D eigenvalue weighted by Gasteiger charge is -2.17. The highest BCUT2D eigenvalue weighted by molar-refractivity contribution is 6.07. The minimum atomic E-state index is 0.0753. The number of nitrogens with one attached hydrogen (secondary N) is 1. The summed E-state index contributed by atoms with van der Waals surface area (Å²) in [5.41, 5.74) is 1.68. The van der Waals surface area contributed by atoms with Crippen LogP contribution in [0.5, 0.6) is 0 Å². The van der Waals surface area contributed by atoms with Crippen molar-refractivity contribution in [3.05, 3.63) is 72.3 Å². The van der Waals surface area contributed by atoms with Crippen LogP contribution in [0.25, 0.3) is 0 Å². The van der Waals surface area contributed by atoms with Crippen molar-refractivity contribution >= 4 is 11.5 Å². The molecular formula is C17H18NO. The normalized spacial score (nSPS) is 10.4. The topological polar surface area (TPSA) is 29.1 Å². The van der Waals surface area contributed by atoms with E-state index < -0.39 is 0 Å². The van der Waals surface area contributed by atoms with Gasteiger partial charge in [-0.05, 0) is 18.6 Å². The largest absolute Gasteiger partial charge is 0.370 e. The van der Waals surface area contributed by atoms with Crippen molar-refractivity contribution in [1.29, 1.82) is 0 Å². The number of para-hydroxylation sites is 1. The minimum Gasteiger partial charge on any atom is -0.370 e. The van der Waals surface area contributed by atoms with Gasteiger partial charge in [0.15, 0.2) is 5.78 Å². The zero-order valence-corrected chi connectivity index (χ0v) is 11.1. The summed E-state index contributed by atoms with van der Waals surface area (Å²) in [4.78, 5) is 12.4. The summed E-state index contributed by atoms with van der Waals surface area (Å²) in [6.45, 7) is 2.07. The van der Waals surface area contributed by atoms with Crippen molar-refractivity contribution in [2.75, 3.05) is 5.32 Å². The number of anilines is 1. The second-order valence-electron chi connectivity index (χ2n) is 4.41. The van der Waals surface area contributed by atoms with Crippen LogP contribution in [-0.4, -0.2) is 5.78 Å². The first-order chi connectivity index (χ1) is 9.31. The first-order valence-corrected chi connectivity index (χ1v) is 6.59. The number of ketones is 1. The Kier molecular flexibility index (Phi) is 4.73. The predicted octanol–water partition coefficient (Wildman–Crippen LogP) is 4.31. The maximum atomic E-state index is 12.4. The zero-order valence-electron chi connectivity index (χ0n) is 11.1. The van der Waals surface area contributed by atoms with E-state index in [1.54, 1.807) is 0 Å². The number of rotatable bonds is 6. The smallest absolute Gasteiger partial charge is 0.191 e. The molecule has 0 amide bonds. The number of hydrogen-bond acceptors (Lipinski definition) is 2. The van der Waals surface area contributed by atoms with Crippen molar-refractivity contribution in [3.8, 4) is 0 Å². The summed E-state index contributed by atoms with van der Waals surface area (Å²) in [6, 6.07) is 20.0. The van der Waals surface area contributed by atoms with Gasteiger partial charge in [0.25, 0.3) is 0 Å². The summed E-state index contributed by atoms with van der Waals surface area (Å²) < 4.78 is 0. The fourth-order valence-corrected chi connectivity index (χ4v) is 1.94. The lowest BCUT2D eigenvalue weighted by molar-refractivity contribution is 0.100. The monoisotopic (exact) mass is 252 g/mol. The molecule has 0 saturated heterocycles. The standard InChI is InChI=1S/C17H18NO/c1-2-9-16(18-15-12-7-4-8-13-15)17(19)14-10-5-3-6-11-14/h3-8,10-13,18H,2,9H2,1H3. The van der Waals surface area contributed by atoms with Gasteiger partial charge in [-0.15, -0.1) is 0 Å². The van der Waals surface area contributed by atoms with Crippen molar-refractivity contribution < 1.29 is 4.79 Å². The van der Waals surface area contributed by atoms with Crippen LogP contribution in [0.3, 0.4) is 0 Å². The van der Waals surface area contributed by atoms with Crippen molar-refractivity contribution in [2.24, 2.45) is 0 Å².